The first-order valence-corrected chi connectivity index (χ1v) is 6.21. The lowest BCUT2D eigenvalue weighted by molar-refractivity contribution is -0.141. The second-order valence-corrected chi connectivity index (χ2v) is 4.68. The topological polar surface area (TPSA) is 55.6 Å². The maximum Gasteiger partial charge on any atom is 0.435 e. The second-order valence-electron chi connectivity index (χ2n) is 4.68. The first-order chi connectivity index (χ1) is 9.52. The van der Waals surface area contributed by atoms with E-state index < -0.39 is 11.9 Å². The first-order valence-electron chi connectivity index (χ1n) is 6.21. The number of hydrogen-bond acceptors (Lipinski definition) is 4. The molecule has 0 aliphatic heterocycles. The van der Waals surface area contributed by atoms with E-state index in [-0.39, 0.29) is 5.82 Å². The molecule has 106 valence electrons. The summed E-state index contributed by atoms with van der Waals surface area (Å²) in [7, 11) is 0. The zero-order valence-corrected chi connectivity index (χ0v) is 10.4. The lowest BCUT2D eigenvalue weighted by Gasteiger charge is -2.04. The third-order valence-corrected chi connectivity index (χ3v) is 2.97. The molecule has 1 N–H and O–H groups in total. The third-order valence-electron chi connectivity index (χ3n) is 2.97. The Kier molecular flexibility index (Phi) is 3.17. The minimum atomic E-state index is -4.45. The molecule has 1 aliphatic carbocycles. The maximum absolute atomic E-state index is 12.4. The van der Waals surface area contributed by atoms with E-state index in [1.165, 1.54) is 19.0 Å². The molecule has 20 heavy (non-hydrogen) atoms. The van der Waals surface area contributed by atoms with E-state index in [0.717, 1.165) is 16.4 Å². The molecule has 0 amide bonds. The Bertz CT molecular complexity index is 586. The molecular formula is C12H12F3N5. The van der Waals surface area contributed by atoms with E-state index in [1.807, 2.05) is 0 Å². The van der Waals surface area contributed by atoms with Crippen molar-refractivity contribution in [1.82, 2.24) is 25.3 Å². The summed E-state index contributed by atoms with van der Waals surface area (Å²) in [5.74, 6) is 0.260. The van der Waals surface area contributed by atoms with Gasteiger partial charge in [0.1, 0.15) is 0 Å². The fourth-order valence-electron chi connectivity index (χ4n) is 1.71. The van der Waals surface area contributed by atoms with Crippen molar-refractivity contribution in [2.24, 2.45) is 0 Å². The van der Waals surface area contributed by atoms with Crippen molar-refractivity contribution in [1.29, 1.82) is 0 Å². The molecule has 0 bridgehead atoms. The van der Waals surface area contributed by atoms with E-state index >= 15 is 0 Å². The Morgan fingerprint density at radius 1 is 1.20 bits per heavy atom. The van der Waals surface area contributed by atoms with Crippen LogP contribution >= 0.6 is 0 Å². The van der Waals surface area contributed by atoms with Crippen LogP contribution in [0.1, 0.15) is 24.2 Å². The van der Waals surface area contributed by atoms with Crippen molar-refractivity contribution in [2.75, 3.05) is 0 Å². The predicted molar refractivity (Wildman–Crippen MR) is 64.0 cm³/mol. The third kappa shape index (κ3) is 2.96. The normalized spacial score (nSPS) is 15.6. The van der Waals surface area contributed by atoms with E-state index in [1.54, 1.807) is 12.1 Å². The number of rotatable bonds is 4. The van der Waals surface area contributed by atoms with Gasteiger partial charge in [0.25, 0.3) is 0 Å². The Labute approximate surface area is 112 Å². The summed E-state index contributed by atoms with van der Waals surface area (Å²) in [4.78, 5) is 0. The molecule has 1 aliphatic rings. The highest BCUT2D eigenvalue weighted by atomic mass is 19.4. The van der Waals surface area contributed by atoms with Crippen LogP contribution in [0, 0.1) is 0 Å². The van der Waals surface area contributed by atoms with Gasteiger partial charge in [-0.25, -0.2) is 4.68 Å². The summed E-state index contributed by atoms with van der Waals surface area (Å²) in [6.45, 7) is 0.616. The Balaban J connectivity index is 1.71. The number of nitrogens with one attached hydrogen (secondary N) is 1. The molecule has 2 heterocycles. The summed E-state index contributed by atoms with van der Waals surface area (Å²) in [5, 5.41) is 14.6. The molecule has 1 saturated carbocycles. The number of alkyl halides is 3. The number of hydrogen-bond donors (Lipinski definition) is 1. The van der Waals surface area contributed by atoms with Gasteiger partial charge in [-0.3, -0.25) is 0 Å². The van der Waals surface area contributed by atoms with Crippen molar-refractivity contribution in [3.8, 4) is 5.82 Å². The lowest BCUT2D eigenvalue weighted by atomic mass is 10.4. The van der Waals surface area contributed by atoms with Gasteiger partial charge in [0.05, 0.1) is 5.69 Å². The van der Waals surface area contributed by atoms with E-state index in [0.29, 0.717) is 12.6 Å². The van der Waals surface area contributed by atoms with Crippen LogP contribution in [-0.4, -0.2) is 26.0 Å². The van der Waals surface area contributed by atoms with Crippen molar-refractivity contribution < 1.29 is 13.2 Å². The summed E-state index contributed by atoms with van der Waals surface area (Å²) < 4.78 is 38.4. The number of halogens is 3. The van der Waals surface area contributed by atoms with E-state index in [9.17, 15) is 13.2 Å². The molecule has 3 rings (SSSR count). The Morgan fingerprint density at radius 2 is 2.00 bits per heavy atom. The molecule has 0 unspecified atom stereocenters. The summed E-state index contributed by atoms with van der Waals surface area (Å²) in [5.41, 5.74) is -0.192. The van der Waals surface area contributed by atoms with Gasteiger partial charge in [-0.15, -0.1) is 5.10 Å². The molecule has 5 nitrogen and oxygen atoms in total. The summed E-state index contributed by atoms with van der Waals surface area (Å²) in [6, 6.07) is 4.80. The second kappa shape index (κ2) is 4.86. The van der Waals surface area contributed by atoms with Gasteiger partial charge in [0, 0.05) is 18.8 Å². The molecule has 0 spiro atoms. The van der Waals surface area contributed by atoms with Gasteiger partial charge in [-0.05, 0) is 31.0 Å². The smallest absolute Gasteiger partial charge is 0.308 e. The van der Waals surface area contributed by atoms with Crippen molar-refractivity contribution in [3.63, 3.8) is 0 Å². The van der Waals surface area contributed by atoms with Gasteiger partial charge >= 0.3 is 6.18 Å². The standard InChI is InChI=1S/C12H12F3N5/c13-12(14,15)10-5-6-20(19-10)11-4-3-9(17-18-11)7-16-8-1-2-8/h3-6,8,16H,1-2,7H2. The van der Waals surface area contributed by atoms with Crippen LogP contribution in [0.15, 0.2) is 24.4 Å². The SMILES string of the molecule is FC(F)(F)c1ccn(-c2ccc(CNC3CC3)nn2)n1. The molecule has 0 aromatic carbocycles. The van der Waals surface area contributed by atoms with Crippen LogP contribution in [0.3, 0.4) is 0 Å². The van der Waals surface area contributed by atoms with Crippen molar-refractivity contribution in [3.05, 3.63) is 35.8 Å². The zero-order valence-electron chi connectivity index (χ0n) is 10.4. The zero-order chi connectivity index (χ0) is 14.2. The van der Waals surface area contributed by atoms with Crippen LogP contribution in [0.25, 0.3) is 5.82 Å². The van der Waals surface area contributed by atoms with E-state index in [4.69, 9.17) is 0 Å². The predicted octanol–water partition coefficient (Wildman–Crippen LogP) is 1.93. The molecule has 2 aromatic heterocycles. The maximum atomic E-state index is 12.4. The highest BCUT2D eigenvalue weighted by Gasteiger charge is 2.33. The summed E-state index contributed by atoms with van der Waals surface area (Å²) in [6.07, 6.45) is -0.875. The van der Waals surface area contributed by atoms with Gasteiger partial charge in [0.2, 0.25) is 0 Å². The minimum absolute atomic E-state index is 0.260. The lowest BCUT2D eigenvalue weighted by Crippen LogP contribution is -2.16. The average molecular weight is 283 g/mol. The Morgan fingerprint density at radius 3 is 2.55 bits per heavy atom. The average Bonchev–Trinajstić information content (AvgIpc) is 3.09. The van der Waals surface area contributed by atoms with Crippen LogP contribution in [0.2, 0.25) is 0 Å². The van der Waals surface area contributed by atoms with Gasteiger partial charge in [0.15, 0.2) is 11.5 Å². The van der Waals surface area contributed by atoms with Gasteiger partial charge in [-0.1, -0.05) is 0 Å². The first kappa shape index (κ1) is 13.0. The van der Waals surface area contributed by atoms with Crippen molar-refractivity contribution >= 4 is 0 Å². The molecule has 8 heteroatoms. The Hall–Kier alpha value is -1.96. The minimum Gasteiger partial charge on any atom is -0.308 e. The largest absolute Gasteiger partial charge is 0.435 e. The van der Waals surface area contributed by atoms with E-state index in [2.05, 4.69) is 20.6 Å². The number of nitrogens with zero attached hydrogens (tertiary/aromatic N) is 4. The van der Waals surface area contributed by atoms with Crippen LogP contribution < -0.4 is 5.32 Å². The van der Waals surface area contributed by atoms with Crippen LogP contribution in [0.4, 0.5) is 13.2 Å². The molecule has 2 aromatic rings. The van der Waals surface area contributed by atoms with Gasteiger partial charge < -0.3 is 5.32 Å². The van der Waals surface area contributed by atoms with Crippen LogP contribution in [0.5, 0.6) is 0 Å². The fourth-order valence-corrected chi connectivity index (χ4v) is 1.71. The number of aromatic nitrogens is 4. The monoisotopic (exact) mass is 283 g/mol. The quantitative estimate of drug-likeness (QED) is 0.931. The molecule has 1 fully saturated rings. The van der Waals surface area contributed by atoms with Crippen LogP contribution in [-0.2, 0) is 12.7 Å². The summed E-state index contributed by atoms with van der Waals surface area (Å²) >= 11 is 0. The highest BCUT2D eigenvalue weighted by Crippen LogP contribution is 2.27. The molecule has 0 saturated heterocycles. The molecule has 0 radical (unpaired) electrons. The molecule has 0 atom stereocenters. The fraction of sp³-hybridized carbons (Fsp3) is 0.417. The van der Waals surface area contributed by atoms with Gasteiger partial charge in [-0.2, -0.15) is 23.4 Å². The van der Waals surface area contributed by atoms with Crippen molar-refractivity contribution in [2.45, 2.75) is 31.6 Å². The highest BCUT2D eigenvalue weighted by molar-refractivity contribution is 5.22. The molecular weight excluding hydrogens is 271 g/mol.